The van der Waals surface area contributed by atoms with Gasteiger partial charge in [-0.05, 0) is 30.0 Å². The van der Waals surface area contributed by atoms with E-state index in [4.69, 9.17) is 15.2 Å². The first-order valence-electron chi connectivity index (χ1n) is 5.65. The van der Waals surface area contributed by atoms with E-state index in [-0.39, 0.29) is 17.9 Å². The molecular formula is C13H17NO3. The van der Waals surface area contributed by atoms with Crippen molar-refractivity contribution >= 4 is 5.97 Å². The molecule has 0 bridgehead atoms. The molecule has 0 aliphatic heterocycles. The third kappa shape index (κ3) is 2.13. The fourth-order valence-electron chi connectivity index (χ4n) is 2.40. The maximum atomic E-state index is 11.6. The van der Waals surface area contributed by atoms with E-state index in [2.05, 4.69) is 0 Å². The van der Waals surface area contributed by atoms with Crippen molar-refractivity contribution < 1.29 is 14.3 Å². The lowest BCUT2D eigenvalue weighted by molar-refractivity contribution is -0.146. The fraction of sp³-hybridized carbons (Fsp3) is 0.462. The second kappa shape index (κ2) is 4.75. The van der Waals surface area contributed by atoms with Crippen molar-refractivity contribution in [3.8, 4) is 5.75 Å². The molecule has 1 aromatic carbocycles. The molecule has 1 aromatic rings. The Hall–Kier alpha value is -1.55. The van der Waals surface area contributed by atoms with Gasteiger partial charge in [-0.2, -0.15) is 0 Å². The van der Waals surface area contributed by atoms with Gasteiger partial charge in [0.25, 0.3) is 0 Å². The van der Waals surface area contributed by atoms with Gasteiger partial charge >= 0.3 is 5.97 Å². The van der Waals surface area contributed by atoms with Crippen LogP contribution in [0.15, 0.2) is 18.2 Å². The Labute approximate surface area is 101 Å². The Morgan fingerprint density at radius 1 is 1.35 bits per heavy atom. The zero-order valence-corrected chi connectivity index (χ0v) is 10.1. The summed E-state index contributed by atoms with van der Waals surface area (Å²) in [6.07, 6.45) is 1.28. The number of nitrogens with two attached hydrogens (primary N) is 1. The van der Waals surface area contributed by atoms with Gasteiger partial charge in [-0.1, -0.05) is 12.1 Å². The van der Waals surface area contributed by atoms with Gasteiger partial charge in [0.05, 0.1) is 20.1 Å². The number of hydrogen-bond acceptors (Lipinski definition) is 4. The molecule has 0 radical (unpaired) electrons. The topological polar surface area (TPSA) is 61.5 Å². The summed E-state index contributed by atoms with van der Waals surface area (Å²) >= 11 is 0. The van der Waals surface area contributed by atoms with Gasteiger partial charge in [0.15, 0.2) is 0 Å². The third-order valence-corrected chi connectivity index (χ3v) is 3.35. The molecule has 0 saturated heterocycles. The lowest BCUT2D eigenvalue weighted by Gasteiger charge is -2.29. The summed E-state index contributed by atoms with van der Waals surface area (Å²) in [4.78, 5) is 11.6. The molecule has 0 saturated carbocycles. The Morgan fingerprint density at radius 2 is 2.12 bits per heavy atom. The van der Waals surface area contributed by atoms with Gasteiger partial charge in [0.2, 0.25) is 0 Å². The Balaban J connectivity index is 2.35. The molecule has 92 valence electrons. The molecule has 0 heterocycles. The number of esters is 1. The molecule has 2 N–H and O–H groups in total. The molecule has 2 unspecified atom stereocenters. The van der Waals surface area contributed by atoms with E-state index in [1.807, 2.05) is 18.2 Å². The highest BCUT2D eigenvalue weighted by molar-refractivity contribution is 5.74. The zero-order valence-electron chi connectivity index (χ0n) is 10.1. The molecule has 0 amide bonds. The summed E-state index contributed by atoms with van der Waals surface area (Å²) in [6, 6.07) is 5.71. The molecule has 0 fully saturated rings. The van der Waals surface area contributed by atoms with E-state index in [1.165, 1.54) is 7.11 Å². The minimum Gasteiger partial charge on any atom is -0.496 e. The van der Waals surface area contributed by atoms with Crippen LogP contribution in [0.1, 0.15) is 11.1 Å². The van der Waals surface area contributed by atoms with Gasteiger partial charge in [0, 0.05) is 6.04 Å². The van der Waals surface area contributed by atoms with Crippen LogP contribution in [0.4, 0.5) is 0 Å². The van der Waals surface area contributed by atoms with E-state index in [0.717, 1.165) is 16.9 Å². The Kier molecular flexibility index (Phi) is 3.33. The highest BCUT2D eigenvalue weighted by Gasteiger charge is 2.33. The van der Waals surface area contributed by atoms with E-state index in [0.29, 0.717) is 12.8 Å². The molecule has 4 nitrogen and oxygen atoms in total. The quantitative estimate of drug-likeness (QED) is 0.774. The number of benzene rings is 1. The van der Waals surface area contributed by atoms with Gasteiger partial charge in [0.1, 0.15) is 5.75 Å². The van der Waals surface area contributed by atoms with Gasteiger partial charge in [-0.3, -0.25) is 4.79 Å². The van der Waals surface area contributed by atoms with Crippen LogP contribution in [0.5, 0.6) is 5.75 Å². The smallest absolute Gasteiger partial charge is 0.310 e. The number of carbonyl (C=O) groups excluding carboxylic acids is 1. The van der Waals surface area contributed by atoms with Crippen molar-refractivity contribution in [1.82, 2.24) is 0 Å². The number of fused-ring (bicyclic) bond motifs is 1. The van der Waals surface area contributed by atoms with Crippen LogP contribution in [0.2, 0.25) is 0 Å². The molecule has 1 aliphatic carbocycles. The van der Waals surface area contributed by atoms with E-state index < -0.39 is 0 Å². The SMILES string of the molecule is COC(=O)C1Cc2c(cccc2OC)CC1N. The molecule has 17 heavy (non-hydrogen) atoms. The van der Waals surface area contributed by atoms with Crippen molar-refractivity contribution in [2.24, 2.45) is 11.7 Å². The monoisotopic (exact) mass is 235 g/mol. The number of carbonyl (C=O) groups is 1. The molecule has 4 heteroatoms. The fourth-order valence-corrected chi connectivity index (χ4v) is 2.40. The zero-order chi connectivity index (χ0) is 12.4. The lowest BCUT2D eigenvalue weighted by atomic mass is 9.80. The van der Waals surface area contributed by atoms with Crippen LogP contribution < -0.4 is 10.5 Å². The summed E-state index contributed by atoms with van der Waals surface area (Å²) in [5.74, 6) is 0.307. The maximum absolute atomic E-state index is 11.6. The molecule has 0 aromatic heterocycles. The maximum Gasteiger partial charge on any atom is 0.310 e. The number of methoxy groups -OCH3 is 2. The number of ether oxygens (including phenoxy) is 2. The normalized spacial score (nSPS) is 22.8. The summed E-state index contributed by atoms with van der Waals surface area (Å²) in [6.45, 7) is 0. The first kappa shape index (κ1) is 11.9. The largest absolute Gasteiger partial charge is 0.496 e. The predicted molar refractivity (Wildman–Crippen MR) is 63.9 cm³/mol. The predicted octanol–water partition coefficient (Wildman–Crippen LogP) is 0.910. The summed E-state index contributed by atoms with van der Waals surface area (Å²) in [5, 5.41) is 0. The van der Waals surface area contributed by atoms with Gasteiger partial charge in [-0.15, -0.1) is 0 Å². The van der Waals surface area contributed by atoms with Crippen molar-refractivity contribution in [2.75, 3.05) is 14.2 Å². The van der Waals surface area contributed by atoms with Crippen molar-refractivity contribution in [3.63, 3.8) is 0 Å². The Morgan fingerprint density at radius 3 is 2.76 bits per heavy atom. The average molecular weight is 235 g/mol. The van der Waals surface area contributed by atoms with Crippen LogP contribution >= 0.6 is 0 Å². The average Bonchev–Trinajstić information content (AvgIpc) is 2.36. The third-order valence-electron chi connectivity index (χ3n) is 3.35. The summed E-state index contributed by atoms with van der Waals surface area (Å²) < 4.78 is 10.1. The standard InChI is InChI=1S/C13H17NO3/c1-16-12-5-3-4-8-6-11(14)10(7-9(8)12)13(15)17-2/h3-5,10-11H,6-7,14H2,1-2H3. The first-order valence-corrected chi connectivity index (χ1v) is 5.65. The number of hydrogen-bond donors (Lipinski definition) is 1. The number of rotatable bonds is 2. The van der Waals surface area contributed by atoms with Crippen molar-refractivity contribution in [3.05, 3.63) is 29.3 Å². The minimum atomic E-state index is -0.274. The van der Waals surface area contributed by atoms with Crippen LogP contribution in [0.3, 0.4) is 0 Å². The first-order chi connectivity index (χ1) is 8.17. The van der Waals surface area contributed by atoms with Crippen LogP contribution in [-0.4, -0.2) is 26.2 Å². The molecule has 2 atom stereocenters. The van der Waals surface area contributed by atoms with Crippen LogP contribution in [-0.2, 0) is 22.4 Å². The second-order valence-corrected chi connectivity index (χ2v) is 4.30. The summed E-state index contributed by atoms with van der Waals surface area (Å²) in [5.41, 5.74) is 8.26. The van der Waals surface area contributed by atoms with Crippen molar-refractivity contribution in [1.29, 1.82) is 0 Å². The van der Waals surface area contributed by atoms with Gasteiger partial charge in [-0.25, -0.2) is 0 Å². The van der Waals surface area contributed by atoms with Crippen molar-refractivity contribution in [2.45, 2.75) is 18.9 Å². The summed E-state index contributed by atoms with van der Waals surface area (Å²) in [7, 11) is 3.03. The van der Waals surface area contributed by atoms with Crippen LogP contribution in [0, 0.1) is 5.92 Å². The molecular weight excluding hydrogens is 218 g/mol. The molecule has 1 aliphatic rings. The van der Waals surface area contributed by atoms with Crippen LogP contribution in [0.25, 0.3) is 0 Å². The second-order valence-electron chi connectivity index (χ2n) is 4.30. The minimum absolute atomic E-state index is 0.179. The van der Waals surface area contributed by atoms with Gasteiger partial charge < -0.3 is 15.2 Å². The van der Waals surface area contributed by atoms with E-state index in [9.17, 15) is 4.79 Å². The molecule has 2 rings (SSSR count). The van der Waals surface area contributed by atoms with E-state index >= 15 is 0 Å². The Bertz CT molecular complexity index is 431. The highest BCUT2D eigenvalue weighted by Crippen LogP contribution is 2.32. The highest BCUT2D eigenvalue weighted by atomic mass is 16.5. The van der Waals surface area contributed by atoms with E-state index in [1.54, 1.807) is 7.11 Å². The lowest BCUT2D eigenvalue weighted by Crippen LogP contribution is -2.42. The molecule has 0 spiro atoms.